The van der Waals surface area contributed by atoms with Crippen LogP contribution in [0.4, 0.5) is 0 Å². The lowest BCUT2D eigenvalue weighted by Crippen LogP contribution is -2.01. The van der Waals surface area contributed by atoms with Crippen molar-refractivity contribution in [2.45, 2.75) is 26.7 Å². The second-order valence-corrected chi connectivity index (χ2v) is 3.91. The maximum absolute atomic E-state index is 11.3. The maximum atomic E-state index is 11.3. The van der Waals surface area contributed by atoms with Crippen LogP contribution in [0.3, 0.4) is 0 Å². The lowest BCUT2D eigenvalue weighted by atomic mass is 10.1. The molecule has 0 amide bonds. The molecule has 2 aromatic heterocycles. The number of hydrogen-bond acceptors (Lipinski definition) is 3. The average Bonchev–Trinajstić information content (AvgIpc) is 2.59. The highest BCUT2D eigenvalue weighted by molar-refractivity contribution is 5.92. The van der Waals surface area contributed by atoms with E-state index in [2.05, 4.69) is 23.8 Å². The topological polar surface area (TPSA) is 47.3 Å². The monoisotopic (exact) mass is 203 g/mol. The summed E-state index contributed by atoms with van der Waals surface area (Å²) in [5.41, 5.74) is 1.68. The fourth-order valence-electron chi connectivity index (χ4n) is 1.45. The van der Waals surface area contributed by atoms with Crippen molar-refractivity contribution in [3.63, 3.8) is 0 Å². The van der Waals surface area contributed by atoms with E-state index < -0.39 is 0 Å². The van der Waals surface area contributed by atoms with Crippen molar-refractivity contribution in [3.05, 3.63) is 29.8 Å². The predicted molar refractivity (Wildman–Crippen MR) is 57.1 cm³/mol. The van der Waals surface area contributed by atoms with E-state index in [1.807, 2.05) is 6.20 Å². The zero-order valence-corrected chi connectivity index (χ0v) is 9.06. The zero-order valence-electron chi connectivity index (χ0n) is 9.06. The number of aromatic nitrogens is 3. The molecule has 0 N–H and O–H groups in total. The first-order valence-electron chi connectivity index (χ1n) is 4.93. The average molecular weight is 203 g/mol. The van der Waals surface area contributed by atoms with Crippen molar-refractivity contribution < 1.29 is 4.79 Å². The van der Waals surface area contributed by atoms with Crippen molar-refractivity contribution >= 4 is 11.6 Å². The molecule has 0 saturated heterocycles. The molecule has 4 nitrogen and oxygen atoms in total. The van der Waals surface area contributed by atoms with Crippen LogP contribution in [0.15, 0.2) is 18.6 Å². The number of hydrogen-bond donors (Lipinski definition) is 0. The number of Topliss-reactive ketones (excluding diaryl/α,β-unsaturated/α-hetero) is 1. The number of rotatable bonds is 2. The van der Waals surface area contributed by atoms with Gasteiger partial charge in [-0.05, 0) is 11.5 Å². The van der Waals surface area contributed by atoms with Crippen LogP contribution in [0, 0.1) is 0 Å². The highest BCUT2D eigenvalue weighted by Gasteiger charge is 2.09. The standard InChI is InChI=1S/C11H13N3O/c1-7(2)9-4-12-11-13-5-10(8(3)15)14(11)6-9/h4-7H,1-3H3. The smallest absolute Gasteiger partial charge is 0.234 e. The molecule has 0 unspecified atom stereocenters. The van der Waals surface area contributed by atoms with Gasteiger partial charge in [0.05, 0.1) is 6.20 Å². The van der Waals surface area contributed by atoms with E-state index >= 15 is 0 Å². The van der Waals surface area contributed by atoms with Crippen molar-refractivity contribution in [2.24, 2.45) is 0 Å². The summed E-state index contributed by atoms with van der Waals surface area (Å²) in [6.07, 6.45) is 5.29. The van der Waals surface area contributed by atoms with Crippen LogP contribution in [0.5, 0.6) is 0 Å². The van der Waals surface area contributed by atoms with Gasteiger partial charge in [-0.1, -0.05) is 13.8 Å². The molecule has 0 aromatic carbocycles. The molecule has 2 heterocycles. The molecule has 2 rings (SSSR count). The molecule has 0 radical (unpaired) electrons. The number of imidazole rings is 1. The van der Waals surface area contributed by atoms with Gasteiger partial charge >= 0.3 is 0 Å². The highest BCUT2D eigenvalue weighted by Crippen LogP contribution is 2.14. The Hall–Kier alpha value is -1.71. The van der Waals surface area contributed by atoms with Gasteiger partial charge < -0.3 is 0 Å². The number of nitrogens with zero attached hydrogens (tertiary/aromatic N) is 3. The Kier molecular flexibility index (Phi) is 2.26. The first kappa shape index (κ1) is 9.83. The van der Waals surface area contributed by atoms with Crippen molar-refractivity contribution in [2.75, 3.05) is 0 Å². The van der Waals surface area contributed by atoms with Gasteiger partial charge in [0.25, 0.3) is 0 Å². The summed E-state index contributed by atoms with van der Waals surface area (Å²) < 4.78 is 1.75. The maximum Gasteiger partial charge on any atom is 0.234 e. The lowest BCUT2D eigenvalue weighted by molar-refractivity contribution is 0.101. The van der Waals surface area contributed by atoms with Crippen LogP contribution in [0.1, 0.15) is 42.7 Å². The first-order chi connectivity index (χ1) is 7.09. The molecule has 0 bridgehead atoms. The fraction of sp³-hybridized carbons (Fsp3) is 0.364. The van der Waals surface area contributed by atoms with E-state index in [9.17, 15) is 4.79 Å². The Labute approximate surface area is 88.0 Å². The summed E-state index contributed by atoms with van der Waals surface area (Å²) in [5.74, 6) is 0.971. The third-order valence-electron chi connectivity index (χ3n) is 2.41. The van der Waals surface area contributed by atoms with Gasteiger partial charge in [-0.2, -0.15) is 0 Å². The molecule has 0 fully saturated rings. The van der Waals surface area contributed by atoms with E-state index in [0.29, 0.717) is 17.4 Å². The van der Waals surface area contributed by atoms with Gasteiger partial charge in [0.1, 0.15) is 5.69 Å². The summed E-state index contributed by atoms with van der Waals surface area (Å²) in [5, 5.41) is 0. The Balaban J connectivity index is 2.66. The molecule has 0 aliphatic rings. The van der Waals surface area contributed by atoms with Crippen molar-refractivity contribution in [1.82, 2.24) is 14.4 Å². The van der Waals surface area contributed by atoms with E-state index in [4.69, 9.17) is 0 Å². The minimum Gasteiger partial charge on any atom is -0.293 e. The molecule has 15 heavy (non-hydrogen) atoms. The van der Waals surface area contributed by atoms with Crippen LogP contribution >= 0.6 is 0 Å². The number of ketones is 1. The predicted octanol–water partition coefficient (Wildman–Crippen LogP) is 2.06. The van der Waals surface area contributed by atoms with Crippen molar-refractivity contribution in [3.8, 4) is 0 Å². The number of carbonyl (C=O) groups excluding carboxylic acids is 1. The summed E-state index contributed by atoms with van der Waals surface area (Å²) in [6.45, 7) is 5.71. The number of fused-ring (bicyclic) bond motifs is 1. The Morgan fingerprint density at radius 3 is 2.60 bits per heavy atom. The van der Waals surface area contributed by atoms with E-state index in [1.165, 1.54) is 6.92 Å². The van der Waals surface area contributed by atoms with Gasteiger partial charge in [0.15, 0.2) is 5.78 Å². The third kappa shape index (κ3) is 1.63. The molecule has 4 heteroatoms. The zero-order chi connectivity index (χ0) is 11.0. The van der Waals surface area contributed by atoms with Crippen molar-refractivity contribution in [1.29, 1.82) is 0 Å². The second kappa shape index (κ2) is 3.46. The molecule has 2 aromatic rings. The summed E-state index contributed by atoms with van der Waals surface area (Å²) in [7, 11) is 0. The largest absolute Gasteiger partial charge is 0.293 e. The lowest BCUT2D eigenvalue weighted by Gasteiger charge is -2.05. The Morgan fingerprint density at radius 1 is 1.33 bits per heavy atom. The van der Waals surface area contributed by atoms with Gasteiger partial charge in [0.2, 0.25) is 5.78 Å². The molecule has 78 valence electrons. The van der Waals surface area contributed by atoms with E-state index in [-0.39, 0.29) is 5.78 Å². The molecular formula is C11H13N3O. The molecule has 0 spiro atoms. The summed E-state index contributed by atoms with van der Waals surface area (Å²) >= 11 is 0. The second-order valence-electron chi connectivity index (χ2n) is 3.91. The van der Waals surface area contributed by atoms with Gasteiger partial charge in [0, 0.05) is 19.3 Å². The van der Waals surface area contributed by atoms with E-state index in [0.717, 1.165) is 5.56 Å². The fourth-order valence-corrected chi connectivity index (χ4v) is 1.45. The van der Waals surface area contributed by atoms with Gasteiger partial charge in [-0.25, -0.2) is 9.97 Å². The van der Waals surface area contributed by atoms with Gasteiger partial charge in [-0.3, -0.25) is 9.20 Å². The minimum absolute atomic E-state index is 0.00482. The number of carbonyl (C=O) groups is 1. The van der Waals surface area contributed by atoms with Gasteiger partial charge in [-0.15, -0.1) is 0 Å². The Morgan fingerprint density at radius 2 is 2.00 bits per heavy atom. The summed E-state index contributed by atoms with van der Waals surface area (Å²) in [4.78, 5) is 19.6. The van der Waals surface area contributed by atoms with Crippen LogP contribution in [0.2, 0.25) is 0 Å². The molecule has 0 aliphatic heterocycles. The van der Waals surface area contributed by atoms with Crippen LogP contribution in [-0.4, -0.2) is 20.2 Å². The Bertz CT molecular complexity index is 514. The molecule has 0 saturated carbocycles. The van der Waals surface area contributed by atoms with Crippen LogP contribution in [0.25, 0.3) is 5.78 Å². The normalized spacial score (nSPS) is 11.2. The molecule has 0 aliphatic carbocycles. The highest BCUT2D eigenvalue weighted by atomic mass is 16.1. The minimum atomic E-state index is 0.00482. The SMILES string of the molecule is CC(=O)c1cnc2ncc(C(C)C)cn12. The van der Waals surface area contributed by atoms with Crippen LogP contribution < -0.4 is 0 Å². The molecule has 0 atom stereocenters. The quantitative estimate of drug-likeness (QED) is 0.702. The van der Waals surface area contributed by atoms with Crippen LogP contribution in [-0.2, 0) is 0 Å². The first-order valence-corrected chi connectivity index (χ1v) is 4.93. The van der Waals surface area contributed by atoms with E-state index in [1.54, 1.807) is 16.8 Å². The summed E-state index contributed by atoms with van der Waals surface area (Å²) in [6, 6.07) is 0. The third-order valence-corrected chi connectivity index (χ3v) is 2.41. The molecular weight excluding hydrogens is 190 g/mol.